The molecule has 2 N–H and O–H groups in total. The van der Waals surface area contributed by atoms with E-state index in [1.807, 2.05) is 19.1 Å². The number of H-pyrrole nitrogens is 1. The molecule has 0 aliphatic rings. The molecule has 0 spiro atoms. The number of aromatic nitrogens is 2. The normalized spacial score (nSPS) is 11.3. The van der Waals surface area contributed by atoms with E-state index in [2.05, 4.69) is 14.9 Å². The number of sulfonamides is 1. The number of nitrogens with zero attached hydrogens (tertiary/aromatic N) is 1. The molecule has 6 nitrogen and oxygen atoms in total. The summed E-state index contributed by atoms with van der Waals surface area (Å²) >= 11 is 1.10. The van der Waals surface area contributed by atoms with Crippen LogP contribution in [0.3, 0.4) is 0 Å². The highest BCUT2D eigenvalue weighted by Crippen LogP contribution is 2.28. The molecule has 3 aromatic rings. The van der Waals surface area contributed by atoms with Gasteiger partial charge in [0.05, 0.1) is 5.69 Å². The maximum absolute atomic E-state index is 12.4. The third-order valence-corrected chi connectivity index (χ3v) is 5.94. The van der Waals surface area contributed by atoms with Gasteiger partial charge >= 0.3 is 0 Å². The molecular formula is C15H13N3O3S2. The average Bonchev–Trinajstić information content (AvgIpc) is 3.01. The first-order valence-electron chi connectivity index (χ1n) is 6.68. The number of benzene rings is 1. The Labute approximate surface area is 136 Å². The zero-order valence-corrected chi connectivity index (χ0v) is 13.7. The van der Waals surface area contributed by atoms with Crippen LogP contribution in [-0.4, -0.2) is 18.6 Å². The molecule has 1 aromatic carbocycles. The molecule has 0 radical (unpaired) electrons. The van der Waals surface area contributed by atoms with Crippen molar-refractivity contribution in [2.24, 2.45) is 0 Å². The zero-order chi connectivity index (χ0) is 16.4. The summed E-state index contributed by atoms with van der Waals surface area (Å²) in [5.41, 5.74) is 2.40. The second-order valence-corrected chi connectivity index (χ2v) is 7.75. The number of hydrogen-bond acceptors (Lipinski definition) is 5. The van der Waals surface area contributed by atoms with Crippen LogP contribution in [0.4, 0.5) is 5.69 Å². The maximum atomic E-state index is 12.4. The van der Waals surface area contributed by atoms with Gasteiger partial charge < -0.3 is 0 Å². The van der Waals surface area contributed by atoms with Gasteiger partial charge in [0.2, 0.25) is 0 Å². The van der Waals surface area contributed by atoms with Crippen molar-refractivity contribution in [3.05, 3.63) is 63.8 Å². The Morgan fingerprint density at radius 1 is 1.13 bits per heavy atom. The summed E-state index contributed by atoms with van der Waals surface area (Å²) in [7, 11) is -3.65. The summed E-state index contributed by atoms with van der Waals surface area (Å²) in [5.74, 6) is 0. The van der Waals surface area contributed by atoms with Gasteiger partial charge in [-0.25, -0.2) is 13.5 Å². The quantitative estimate of drug-likeness (QED) is 0.759. The van der Waals surface area contributed by atoms with Gasteiger partial charge in [0.25, 0.3) is 15.6 Å². The number of thiophene rings is 1. The van der Waals surface area contributed by atoms with Crippen LogP contribution < -0.4 is 10.3 Å². The summed E-state index contributed by atoms with van der Waals surface area (Å²) in [6.45, 7) is 1.93. The highest BCUT2D eigenvalue weighted by molar-refractivity contribution is 7.94. The molecule has 118 valence electrons. The molecule has 0 saturated carbocycles. The number of nitrogens with one attached hydrogen (secondary N) is 2. The Balaban J connectivity index is 1.87. The molecule has 3 rings (SSSR count). The number of anilines is 1. The molecular weight excluding hydrogens is 334 g/mol. The maximum Gasteiger partial charge on any atom is 0.271 e. The molecule has 23 heavy (non-hydrogen) atoms. The number of rotatable bonds is 4. The monoisotopic (exact) mass is 347 g/mol. The molecule has 0 saturated heterocycles. The second kappa shape index (κ2) is 5.98. The minimum absolute atomic E-state index is 0.182. The highest BCUT2D eigenvalue weighted by Gasteiger charge is 2.18. The van der Waals surface area contributed by atoms with Crippen LogP contribution in [0.1, 0.15) is 5.56 Å². The minimum atomic E-state index is -3.65. The van der Waals surface area contributed by atoms with Crippen molar-refractivity contribution in [2.45, 2.75) is 11.1 Å². The van der Waals surface area contributed by atoms with Gasteiger partial charge in [0.1, 0.15) is 4.21 Å². The first-order chi connectivity index (χ1) is 10.9. The standard InChI is InChI=1S/C15H13N3O3S2/c1-10-2-4-12(5-3-10)18-23(20,21)15-8-11(9-22-15)13-6-7-14(19)17-16-13/h2-9,18H,1H3,(H,17,19). The van der Waals surface area contributed by atoms with E-state index in [9.17, 15) is 13.2 Å². The summed E-state index contributed by atoms with van der Waals surface area (Å²) < 4.78 is 27.5. The topological polar surface area (TPSA) is 91.9 Å². The molecule has 0 unspecified atom stereocenters. The Bertz CT molecular complexity index is 969. The first-order valence-corrected chi connectivity index (χ1v) is 9.04. The summed E-state index contributed by atoms with van der Waals surface area (Å²) in [4.78, 5) is 11.0. The number of hydrogen-bond donors (Lipinski definition) is 2. The van der Waals surface area contributed by atoms with Crippen molar-refractivity contribution in [1.82, 2.24) is 10.2 Å². The van der Waals surface area contributed by atoms with Crippen molar-refractivity contribution in [3.8, 4) is 11.3 Å². The van der Waals surface area contributed by atoms with Gasteiger partial charge in [-0.1, -0.05) is 17.7 Å². The van der Waals surface area contributed by atoms with E-state index < -0.39 is 10.0 Å². The lowest BCUT2D eigenvalue weighted by Gasteiger charge is -2.06. The predicted octanol–water partition coefficient (Wildman–Crippen LogP) is 2.61. The van der Waals surface area contributed by atoms with Crippen molar-refractivity contribution in [3.63, 3.8) is 0 Å². The Kier molecular flexibility index (Phi) is 4.01. The van der Waals surface area contributed by atoms with Crippen molar-refractivity contribution in [1.29, 1.82) is 0 Å². The summed E-state index contributed by atoms with van der Waals surface area (Å²) in [6, 6.07) is 11.5. The van der Waals surface area contributed by atoms with Gasteiger partial charge in [-0.2, -0.15) is 5.10 Å². The lowest BCUT2D eigenvalue weighted by molar-refractivity contribution is 0.603. The minimum Gasteiger partial charge on any atom is -0.279 e. The van der Waals surface area contributed by atoms with E-state index in [0.29, 0.717) is 16.9 Å². The lowest BCUT2D eigenvalue weighted by atomic mass is 10.2. The van der Waals surface area contributed by atoms with Gasteiger partial charge in [-0.15, -0.1) is 11.3 Å². The van der Waals surface area contributed by atoms with Crippen LogP contribution in [0.5, 0.6) is 0 Å². The lowest BCUT2D eigenvalue weighted by Crippen LogP contribution is -2.11. The highest BCUT2D eigenvalue weighted by atomic mass is 32.2. The zero-order valence-electron chi connectivity index (χ0n) is 12.1. The number of aromatic amines is 1. The van der Waals surface area contributed by atoms with Gasteiger partial charge in [0.15, 0.2) is 0 Å². The van der Waals surface area contributed by atoms with E-state index in [1.54, 1.807) is 23.6 Å². The van der Waals surface area contributed by atoms with Crippen molar-refractivity contribution >= 4 is 27.0 Å². The Morgan fingerprint density at radius 2 is 1.87 bits per heavy atom. The van der Waals surface area contributed by atoms with Gasteiger partial charge in [-0.3, -0.25) is 9.52 Å². The van der Waals surface area contributed by atoms with Crippen LogP contribution in [0.25, 0.3) is 11.3 Å². The number of aryl methyl sites for hydroxylation is 1. The third-order valence-electron chi connectivity index (χ3n) is 3.12. The van der Waals surface area contributed by atoms with Crippen LogP contribution in [-0.2, 0) is 10.0 Å². The van der Waals surface area contributed by atoms with Crippen molar-refractivity contribution < 1.29 is 8.42 Å². The van der Waals surface area contributed by atoms with Crippen LogP contribution in [0.15, 0.2) is 56.8 Å². The SMILES string of the molecule is Cc1ccc(NS(=O)(=O)c2cc(-c3ccc(=O)[nH]n3)cs2)cc1. The van der Waals surface area contributed by atoms with E-state index in [4.69, 9.17) is 0 Å². The summed E-state index contributed by atoms with van der Waals surface area (Å²) in [5, 5.41) is 7.90. The van der Waals surface area contributed by atoms with E-state index in [0.717, 1.165) is 16.9 Å². The smallest absolute Gasteiger partial charge is 0.271 e. The van der Waals surface area contributed by atoms with Crippen LogP contribution >= 0.6 is 11.3 Å². The molecule has 0 atom stereocenters. The van der Waals surface area contributed by atoms with E-state index >= 15 is 0 Å². The van der Waals surface area contributed by atoms with E-state index in [1.165, 1.54) is 12.1 Å². The first kappa shape index (κ1) is 15.4. The third kappa shape index (κ3) is 3.49. The molecule has 2 heterocycles. The van der Waals surface area contributed by atoms with E-state index in [-0.39, 0.29) is 9.77 Å². The van der Waals surface area contributed by atoms with Crippen molar-refractivity contribution in [2.75, 3.05) is 4.72 Å². The molecule has 0 amide bonds. The van der Waals surface area contributed by atoms with Gasteiger partial charge in [-0.05, 0) is 31.2 Å². The molecule has 0 aliphatic heterocycles. The fraction of sp³-hybridized carbons (Fsp3) is 0.0667. The molecule has 0 aliphatic carbocycles. The molecule has 8 heteroatoms. The van der Waals surface area contributed by atoms with Crippen LogP contribution in [0.2, 0.25) is 0 Å². The molecule has 0 bridgehead atoms. The summed E-state index contributed by atoms with van der Waals surface area (Å²) in [6.07, 6.45) is 0. The predicted molar refractivity (Wildman–Crippen MR) is 90.2 cm³/mol. The fourth-order valence-electron chi connectivity index (χ4n) is 1.92. The molecule has 2 aromatic heterocycles. The Morgan fingerprint density at radius 3 is 2.52 bits per heavy atom. The fourth-order valence-corrected chi connectivity index (χ4v) is 4.16. The Hall–Kier alpha value is -2.45. The largest absolute Gasteiger partial charge is 0.279 e. The second-order valence-electron chi connectivity index (χ2n) is 4.93. The van der Waals surface area contributed by atoms with Gasteiger partial charge in [0, 0.05) is 22.7 Å². The van der Waals surface area contributed by atoms with Crippen LogP contribution in [0, 0.1) is 6.92 Å². The average molecular weight is 347 g/mol. The molecule has 0 fully saturated rings.